The number of benzene rings is 1. The van der Waals surface area contributed by atoms with Gasteiger partial charge in [-0.3, -0.25) is 4.79 Å². The topological polar surface area (TPSA) is 79.4 Å². The van der Waals surface area contributed by atoms with Crippen molar-refractivity contribution in [3.63, 3.8) is 0 Å². The van der Waals surface area contributed by atoms with Gasteiger partial charge in [0.15, 0.2) is 0 Å². The minimum absolute atomic E-state index is 0.167. The predicted octanol–water partition coefficient (Wildman–Crippen LogP) is 3.16. The van der Waals surface area contributed by atoms with Gasteiger partial charge in [-0.05, 0) is 43.7 Å². The summed E-state index contributed by atoms with van der Waals surface area (Å²) in [6.45, 7) is 4.67. The number of aromatic nitrogens is 2. The second-order valence-electron chi connectivity index (χ2n) is 5.70. The predicted molar refractivity (Wildman–Crippen MR) is 95.5 cm³/mol. The quantitative estimate of drug-likeness (QED) is 0.698. The van der Waals surface area contributed by atoms with Gasteiger partial charge in [0.2, 0.25) is 5.88 Å². The Bertz CT molecular complexity index is 902. The van der Waals surface area contributed by atoms with Gasteiger partial charge in [0.25, 0.3) is 0 Å². The highest BCUT2D eigenvalue weighted by molar-refractivity contribution is 5.87. The van der Waals surface area contributed by atoms with E-state index in [0.717, 1.165) is 22.2 Å². The number of pyridine rings is 1. The smallest absolute Gasteiger partial charge is 0.325 e. The van der Waals surface area contributed by atoms with E-state index in [1.54, 1.807) is 6.92 Å². The zero-order valence-electron chi connectivity index (χ0n) is 14.4. The normalized spacial score (nSPS) is 10.8. The number of hydrogen-bond acceptors (Lipinski definition) is 5. The number of nitrogens with two attached hydrogens (primary N) is 1. The molecule has 0 amide bonds. The fraction of sp³-hybridized carbons (Fsp3) is 0.263. The molecule has 0 bridgehead atoms. The number of nitrogens with zero attached hydrogens (tertiary/aromatic N) is 2. The average Bonchev–Trinajstić information content (AvgIpc) is 2.98. The van der Waals surface area contributed by atoms with Gasteiger partial charge in [0.05, 0.1) is 12.1 Å². The second-order valence-corrected chi connectivity index (χ2v) is 5.70. The van der Waals surface area contributed by atoms with E-state index in [1.807, 2.05) is 54.1 Å². The summed E-state index contributed by atoms with van der Waals surface area (Å²) in [5, 5.41) is 0.907. The molecule has 3 aromatic rings. The summed E-state index contributed by atoms with van der Waals surface area (Å²) in [7, 11) is 0. The molecule has 0 aliphatic carbocycles. The number of carbonyl (C=O) groups is 1. The van der Waals surface area contributed by atoms with Crippen molar-refractivity contribution in [3.8, 4) is 11.6 Å². The third kappa shape index (κ3) is 3.80. The van der Waals surface area contributed by atoms with Crippen LogP contribution in [0.1, 0.15) is 18.2 Å². The van der Waals surface area contributed by atoms with Crippen molar-refractivity contribution >= 4 is 16.9 Å². The first kappa shape index (κ1) is 17.0. The minimum Gasteiger partial charge on any atom is -0.465 e. The van der Waals surface area contributed by atoms with Crippen LogP contribution in [0.3, 0.4) is 0 Å². The molecule has 0 saturated heterocycles. The Morgan fingerprint density at radius 2 is 2.12 bits per heavy atom. The molecule has 6 nitrogen and oxygen atoms in total. The van der Waals surface area contributed by atoms with Crippen LogP contribution in [0.15, 0.2) is 42.6 Å². The van der Waals surface area contributed by atoms with E-state index in [4.69, 9.17) is 15.2 Å². The number of carbonyl (C=O) groups excluding carboxylic acids is 1. The minimum atomic E-state index is -0.265. The zero-order valence-corrected chi connectivity index (χ0v) is 14.4. The summed E-state index contributed by atoms with van der Waals surface area (Å²) >= 11 is 0. The molecule has 0 fully saturated rings. The maximum Gasteiger partial charge on any atom is 0.325 e. The van der Waals surface area contributed by atoms with Crippen LogP contribution in [-0.2, 0) is 22.6 Å². The van der Waals surface area contributed by atoms with Crippen LogP contribution in [-0.4, -0.2) is 22.1 Å². The summed E-state index contributed by atoms with van der Waals surface area (Å²) in [6, 6.07) is 11.4. The van der Waals surface area contributed by atoms with Crippen molar-refractivity contribution in [1.29, 1.82) is 0 Å². The van der Waals surface area contributed by atoms with Crippen LogP contribution < -0.4 is 10.5 Å². The lowest BCUT2D eigenvalue weighted by Crippen LogP contribution is -2.12. The summed E-state index contributed by atoms with van der Waals surface area (Å²) in [4.78, 5) is 16.1. The van der Waals surface area contributed by atoms with Crippen LogP contribution in [0.25, 0.3) is 10.9 Å². The molecule has 6 heteroatoms. The van der Waals surface area contributed by atoms with E-state index in [1.165, 1.54) is 0 Å². The number of rotatable bonds is 6. The number of aryl methyl sites for hydroxylation is 1. The third-order valence-corrected chi connectivity index (χ3v) is 3.82. The van der Waals surface area contributed by atoms with E-state index in [2.05, 4.69) is 4.98 Å². The van der Waals surface area contributed by atoms with Crippen LogP contribution in [0.2, 0.25) is 0 Å². The molecule has 0 spiro atoms. The third-order valence-electron chi connectivity index (χ3n) is 3.82. The van der Waals surface area contributed by atoms with E-state index in [9.17, 15) is 4.79 Å². The fourth-order valence-corrected chi connectivity index (χ4v) is 2.76. The number of ether oxygens (including phenoxy) is 2. The Morgan fingerprint density at radius 1 is 1.28 bits per heavy atom. The summed E-state index contributed by atoms with van der Waals surface area (Å²) in [5.41, 5.74) is 8.43. The van der Waals surface area contributed by atoms with Crippen molar-refractivity contribution in [2.24, 2.45) is 5.73 Å². The van der Waals surface area contributed by atoms with Gasteiger partial charge in [0, 0.05) is 29.9 Å². The largest absolute Gasteiger partial charge is 0.465 e. The summed E-state index contributed by atoms with van der Waals surface area (Å²) < 4.78 is 12.8. The Labute approximate surface area is 146 Å². The standard InChI is InChI=1S/C19H21N3O3/c1-3-24-19(23)12-22-8-7-15-16(22)5-4-6-17(15)25-18-10-14(11-20)9-13(2)21-18/h4-10H,3,11-12,20H2,1-2H3. The van der Waals surface area contributed by atoms with Gasteiger partial charge in [-0.2, -0.15) is 0 Å². The monoisotopic (exact) mass is 339 g/mol. The maximum absolute atomic E-state index is 11.7. The molecule has 0 aliphatic rings. The van der Waals surface area contributed by atoms with Gasteiger partial charge < -0.3 is 19.8 Å². The number of esters is 1. The Balaban J connectivity index is 1.91. The highest BCUT2D eigenvalue weighted by Gasteiger charge is 2.11. The first-order valence-corrected chi connectivity index (χ1v) is 8.19. The molecule has 0 saturated carbocycles. The Hall–Kier alpha value is -2.86. The Kier molecular flexibility index (Phi) is 5.00. The SMILES string of the molecule is CCOC(=O)Cn1ccc2c(Oc3cc(CN)cc(C)n3)cccc21. The van der Waals surface area contributed by atoms with Crippen molar-refractivity contribution in [3.05, 3.63) is 53.9 Å². The first-order chi connectivity index (χ1) is 12.1. The van der Waals surface area contributed by atoms with E-state index in [0.29, 0.717) is 24.8 Å². The molecule has 0 radical (unpaired) electrons. The van der Waals surface area contributed by atoms with E-state index < -0.39 is 0 Å². The molecule has 2 aromatic heterocycles. The van der Waals surface area contributed by atoms with Gasteiger partial charge in [-0.25, -0.2) is 4.98 Å². The lowest BCUT2D eigenvalue weighted by Gasteiger charge is -2.10. The fourth-order valence-electron chi connectivity index (χ4n) is 2.76. The molecule has 1 aromatic carbocycles. The molecular formula is C19H21N3O3. The molecule has 3 rings (SSSR count). The van der Waals surface area contributed by atoms with Crippen LogP contribution in [0, 0.1) is 6.92 Å². The second kappa shape index (κ2) is 7.36. The molecule has 0 aliphatic heterocycles. The van der Waals surface area contributed by atoms with Crippen LogP contribution in [0.4, 0.5) is 0 Å². The average molecular weight is 339 g/mol. The number of hydrogen-bond donors (Lipinski definition) is 1. The van der Waals surface area contributed by atoms with Gasteiger partial charge in [0.1, 0.15) is 12.3 Å². The maximum atomic E-state index is 11.7. The van der Waals surface area contributed by atoms with E-state index in [-0.39, 0.29) is 12.5 Å². The highest BCUT2D eigenvalue weighted by atomic mass is 16.5. The lowest BCUT2D eigenvalue weighted by molar-refractivity contribution is -0.143. The van der Waals surface area contributed by atoms with Crippen molar-refractivity contribution in [1.82, 2.24) is 9.55 Å². The van der Waals surface area contributed by atoms with Crippen molar-refractivity contribution < 1.29 is 14.3 Å². The zero-order chi connectivity index (χ0) is 17.8. The molecule has 25 heavy (non-hydrogen) atoms. The van der Waals surface area contributed by atoms with Crippen molar-refractivity contribution in [2.75, 3.05) is 6.61 Å². The Morgan fingerprint density at radius 3 is 2.88 bits per heavy atom. The molecular weight excluding hydrogens is 318 g/mol. The number of fused-ring (bicyclic) bond motifs is 1. The van der Waals surface area contributed by atoms with E-state index >= 15 is 0 Å². The molecule has 0 unspecified atom stereocenters. The molecule has 2 N–H and O–H groups in total. The molecule has 0 atom stereocenters. The highest BCUT2D eigenvalue weighted by Crippen LogP contribution is 2.30. The van der Waals surface area contributed by atoms with Gasteiger partial charge in [-0.15, -0.1) is 0 Å². The van der Waals surface area contributed by atoms with Gasteiger partial charge >= 0.3 is 5.97 Å². The lowest BCUT2D eigenvalue weighted by atomic mass is 10.2. The van der Waals surface area contributed by atoms with Crippen LogP contribution in [0.5, 0.6) is 11.6 Å². The summed E-state index contributed by atoms with van der Waals surface area (Å²) in [6.07, 6.45) is 1.85. The first-order valence-electron chi connectivity index (χ1n) is 8.19. The van der Waals surface area contributed by atoms with Crippen molar-refractivity contribution in [2.45, 2.75) is 26.9 Å². The summed E-state index contributed by atoms with van der Waals surface area (Å²) in [5.74, 6) is 0.923. The molecule has 2 heterocycles. The molecule has 130 valence electrons. The van der Waals surface area contributed by atoms with Gasteiger partial charge in [-0.1, -0.05) is 6.07 Å². The van der Waals surface area contributed by atoms with Crippen LogP contribution >= 0.6 is 0 Å².